The van der Waals surface area contributed by atoms with Crippen LogP contribution in [0.25, 0.3) is 0 Å². The average Bonchev–Trinajstić information content (AvgIpc) is 3.27. The molecule has 13 nitrogen and oxygen atoms in total. The number of carboxylic acids is 1. The molecular weight excluding hydrogens is 542 g/mol. The van der Waals surface area contributed by atoms with Crippen molar-refractivity contribution in [3.63, 3.8) is 0 Å². The van der Waals surface area contributed by atoms with Crippen LogP contribution < -0.4 is 4.74 Å². The number of carbonyl (C=O) groups is 4. The summed E-state index contributed by atoms with van der Waals surface area (Å²) in [6, 6.07) is 3.50. The van der Waals surface area contributed by atoms with Crippen molar-refractivity contribution >= 4 is 23.9 Å². The predicted molar refractivity (Wildman–Crippen MR) is 136 cm³/mol. The van der Waals surface area contributed by atoms with Crippen molar-refractivity contribution in [3.05, 3.63) is 40.7 Å². The quantitative estimate of drug-likeness (QED) is 0.222. The summed E-state index contributed by atoms with van der Waals surface area (Å²) in [5, 5.41) is 41.4. The molecule has 1 fully saturated rings. The van der Waals surface area contributed by atoms with E-state index in [0.717, 1.165) is 25.0 Å². The summed E-state index contributed by atoms with van der Waals surface area (Å²) >= 11 is 0. The van der Waals surface area contributed by atoms with Gasteiger partial charge in [0.05, 0.1) is 24.0 Å². The second kappa shape index (κ2) is 10.4. The van der Waals surface area contributed by atoms with Gasteiger partial charge in [0.15, 0.2) is 24.4 Å². The number of aliphatic hydroxyl groups is 3. The van der Waals surface area contributed by atoms with Crippen LogP contribution in [0.2, 0.25) is 0 Å². The largest absolute Gasteiger partial charge is 0.481 e. The molecule has 0 saturated carbocycles. The number of aliphatic carboxylic acids is 1. The maximum Gasteiger partial charge on any atom is 0.347 e. The van der Waals surface area contributed by atoms with Gasteiger partial charge in [-0.05, 0) is 51.9 Å². The number of hydrogen-bond acceptors (Lipinski definition) is 12. The Morgan fingerprint density at radius 2 is 1.88 bits per heavy atom. The van der Waals surface area contributed by atoms with Crippen LogP contribution in [-0.4, -0.2) is 98.9 Å². The molecule has 41 heavy (non-hydrogen) atoms. The van der Waals surface area contributed by atoms with Crippen molar-refractivity contribution in [1.82, 2.24) is 4.90 Å². The van der Waals surface area contributed by atoms with E-state index in [1.165, 1.54) is 0 Å². The molecule has 1 aromatic rings. The molecule has 0 amide bonds. The number of likely N-dealkylation sites (N-methyl/N-ethyl adjacent to an activating group) is 1. The van der Waals surface area contributed by atoms with Gasteiger partial charge in [-0.2, -0.15) is 0 Å². The maximum atomic E-state index is 12.9. The van der Waals surface area contributed by atoms with Gasteiger partial charge in [0.1, 0.15) is 11.5 Å². The molecule has 5 rings (SSSR count). The zero-order chi connectivity index (χ0) is 29.9. The lowest BCUT2D eigenvalue weighted by atomic mass is 9.50. The number of hydrogen-bond donors (Lipinski definition) is 4. The summed E-state index contributed by atoms with van der Waals surface area (Å²) in [6.45, 7) is 2.66. The summed E-state index contributed by atoms with van der Waals surface area (Å²) in [4.78, 5) is 50.1. The van der Waals surface area contributed by atoms with Crippen LogP contribution >= 0.6 is 0 Å². The molecule has 13 heteroatoms. The smallest absolute Gasteiger partial charge is 0.347 e. The zero-order valence-corrected chi connectivity index (χ0v) is 22.9. The standard InChI is InChI=1S/C28H33NO12/c1-13(24(33)34)39-25(35)14(2)38-20(32)11-17(31)26(36)40-18-6-7-28(37)19-10-15-4-5-16(12-30)22-21(15)27(28,23(18)41-22)8-9-29(19)3/h4-6,13-14,17,19,23,30-31,37H,7-12H2,1-3H3,(H,33,34)/t13-,14-,17-,19+,23-,27-,28+/m0/s1. The second-order valence-electron chi connectivity index (χ2n) is 11.1. The first-order chi connectivity index (χ1) is 19.3. The number of ether oxygens (including phenoxy) is 4. The number of aliphatic hydroxyl groups excluding tert-OH is 2. The van der Waals surface area contributed by atoms with Crippen molar-refractivity contribution in [2.24, 2.45) is 0 Å². The highest BCUT2D eigenvalue weighted by Gasteiger charge is 2.71. The molecule has 0 aromatic heterocycles. The lowest BCUT2D eigenvalue weighted by Crippen LogP contribution is -2.74. The second-order valence-corrected chi connectivity index (χ2v) is 11.1. The molecule has 2 heterocycles. The Hall–Kier alpha value is -3.52. The van der Waals surface area contributed by atoms with Crippen molar-refractivity contribution in [3.8, 4) is 5.75 Å². The number of piperidine rings is 1. The Balaban J connectivity index is 1.32. The third-order valence-corrected chi connectivity index (χ3v) is 8.76. The van der Waals surface area contributed by atoms with E-state index in [1.807, 2.05) is 13.1 Å². The molecule has 1 saturated heterocycles. The SMILES string of the molecule is C[C@H](OC(=O)[C@H](C)OC(=O)C[C@H](O)C(=O)OC1=CC[C@@]2(O)[C@H]3Cc4ccc(CO)c5c4[C@@]2(CCN3C)[C@H]1O5)C(=O)O. The summed E-state index contributed by atoms with van der Waals surface area (Å²) in [5.41, 5.74) is 0.158. The Kier molecular flexibility index (Phi) is 7.35. The molecule has 4 aliphatic rings. The van der Waals surface area contributed by atoms with E-state index in [9.17, 15) is 34.5 Å². The van der Waals surface area contributed by atoms with Crippen LogP contribution in [0.5, 0.6) is 5.75 Å². The van der Waals surface area contributed by atoms with Crippen molar-refractivity contribution in [1.29, 1.82) is 0 Å². The van der Waals surface area contributed by atoms with E-state index >= 15 is 0 Å². The Labute approximate surface area is 235 Å². The molecule has 0 radical (unpaired) electrons. The van der Waals surface area contributed by atoms with Gasteiger partial charge in [0, 0.05) is 23.6 Å². The number of benzene rings is 1. The molecule has 1 aromatic carbocycles. The first kappa shape index (κ1) is 29.0. The summed E-state index contributed by atoms with van der Waals surface area (Å²) in [7, 11) is 1.95. The van der Waals surface area contributed by atoms with Gasteiger partial charge in [0.25, 0.3) is 0 Å². The molecule has 222 valence electrons. The molecule has 7 atom stereocenters. The number of rotatable bonds is 9. The van der Waals surface area contributed by atoms with Gasteiger partial charge < -0.3 is 44.3 Å². The normalized spacial score (nSPS) is 29.7. The van der Waals surface area contributed by atoms with Crippen molar-refractivity contribution in [2.75, 3.05) is 13.6 Å². The van der Waals surface area contributed by atoms with E-state index in [0.29, 0.717) is 30.7 Å². The minimum Gasteiger partial charge on any atom is -0.481 e. The Morgan fingerprint density at radius 1 is 1.15 bits per heavy atom. The summed E-state index contributed by atoms with van der Waals surface area (Å²) in [6.07, 6.45) is -3.84. The van der Waals surface area contributed by atoms with Crippen molar-refractivity contribution in [2.45, 2.75) is 87.6 Å². The highest BCUT2D eigenvalue weighted by atomic mass is 16.6. The van der Waals surface area contributed by atoms with Crippen LogP contribution in [0.4, 0.5) is 0 Å². The van der Waals surface area contributed by atoms with Gasteiger partial charge in [-0.3, -0.25) is 4.79 Å². The third-order valence-electron chi connectivity index (χ3n) is 8.76. The van der Waals surface area contributed by atoms with Gasteiger partial charge in [-0.15, -0.1) is 0 Å². The first-order valence-electron chi connectivity index (χ1n) is 13.4. The first-order valence-corrected chi connectivity index (χ1v) is 13.4. The fourth-order valence-corrected chi connectivity index (χ4v) is 6.67. The molecule has 0 unspecified atom stereocenters. The Morgan fingerprint density at radius 3 is 2.56 bits per heavy atom. The highest BCUT2D eigenvalue weighted by Crippen LogP contribution is 2.64. The lowest BCUT2D eigenvalue weighted by molar-refractivity contribution is -0.177. The molecule has 1 spiro atoms. The number of carboxylic acid groups (broad SMARTS) is 1. The summed E-state index contributed by atoms with van der Waals surface area (Å²) < 4.78 is 21.4. The van der Waals surface area contributed by atoms with Crippen LogP contribution in [0.3, 0.4) is 0 Å². The molecule has 4 N–H and O–H groups in total. The molecular formula is C28H33NO12. The molecule has 2 bridgehead atoms. The van der Waals surface area contributed by atoms with Crippen LogP contribution in [0.1, 0.15) is 49.8 Å². The van der Waals surface area contributed by atoms with E-state index < -0.39 is 65.7 Å². The molecule has 2 aliphatic heterocycles. The number of nitrogens with zero attached hydrogens (tertiary/aromatic N) is 1. The van der Waals surface area contributed by atoms with E-state index in [1.54, 1.807) is 12.1 Å². The van der Waals surface area contributed by atoms with Gasteiger partial charge in [-0.25, -0.2) is 14.4 Å². The van der Waals surface area contributed by atoms with Crippen LogP contribution in [0, 0.1) is 0 Å². The van der Waals surface area contributed by atoms with Gasteiger partial charge >= 0.3 is 23.9 Å². The predicted octanol–water partition coefficient (Wildman–Crippen LogP) is -0.301. The van der Waals surface area contributed by atoms with E-state index in [4.69, 9.17) is 19.3 Å². The van der Waals surface area contributed by atoms with Crippen LogP contribution in [0.15, 0.2) is 24.0 Å². The number of esters is 3. The average molecular weight is 576 g/mol. The number of likely N-dealkylation sites (tertiary alicyclic amines) is 1. The fourth-order valence-electron chi connectivity index (χ4n) is 6.67. The minimum atomic E-state index is -1.95. The molecule has 2 aliphatic carbocycles. The number of carbonyl (C=O) groups excluding carboxylic acids is 3. The van der Waals surface area contributed by atoms with Crippen LogP contribution in [-0.2, 0) is 51.8 Å². The zero-order valence-electron chi connectivity index (χ0n) is 22.9. The fraction of sp³-hybridized carbons (Fsp3) is 0.571. The van der Waals surface area contributed by atoms with Gasteiger partial charge in [-0.1, -0.05) is 12.1 Å². The topological polar surface area (TPSA) is 189 Å². The summed E-state index contributed by atoms with van der Waals surface area (Å²) in [5.74, 6) is -4.21. The minimum absolute atomic E-state index is 0.0861. The monoisotopic (exact) mass is 575 g/mol. The maximum absolute atomic E-state index is 12.9. The highest BCUT2D eigenvalue weighted by molar-refractivity contribution is 5.85. The van der Waals surface area contributed by atoms with Crippen molar-refractivity contribution < 1.29 is 58.6 Å². The van der Waals surface area contributed by atoms with E-state index in [2.05, 4.69) is 9.64 Å². The Bertz CT molecular complexity index is 1330. The van der Waals surface area contributed by atoms with Gasteiger partial charge in [0.2, 0.25) is 0 Å². The lowest BCUT2D eigenvalue weighted by Gasteiger charge is -2.61. The third kappa shape index (κ3) is 4.47. The van der Waals surface area contributed by atoms with E-state index in [-0.39, 0.29) is 24.8 Å².